The molecule has 1 aliphatic heterocycles. The highest BCUT2D eigenvalue weighted by atomic mass is 14.9. The molecule has 1 aromatic heterocycles. The van der Waals surface area contributed by atoms with Gasteiger partial charge in [-0.2, -0.15) is 0 Å². The molecule has 0 bridgehead atoms. The van der Waals surface area contributed by atoms with Gasteiger partial charge in [-0.05, 0) is 48.7 Å². The van der Waals surface area contributed by atoms with Gasteiger partial charge >= 0.3 is 0 Å². The number of para-hydroxylation sites is 1. The van der Waals surface area contributed by atoms with Gasteiger partial charge in [-0.15, -0.1) is 0 Å². The fourth-order valence-electron chi connectivity index (χ4n) is 2.91. The van der Waals surface area contributed by atoms with E-state index in [1.165, 1.54) is 17.7 Å². The summed E-state index contributed by atoms with van der Waals surface area (Å²) in [4.78, 5) is 4.40. The van der Waals surface area contributed by atoms with Crippen molar-refractivity contribution >= 4 is 28.0 Å². The minimum atomic E-state index is 1.02. The van der Waals surface area contributed by atoms with E-state index < -0.39 is 0 Å². The highest BCUT2D eigenvalue weighted by molar-refractivity contribution is 5.92. The van der Waals surface area contributed by atoms with Gasteiger partial charge in [0, 0.05) is 35.2 Å². The molecule has 3 aromatic rings. The van der Waals surface area contributed by atoms with E-state index in [4.69, 9.17) is 0 Å². The summed E-state index contributed by atoms with van der Waals surface area (Å²) in [6.45, 7) is 1.08. The van der Waals surface area contributed by atoms with Crippen molar-refractivity contribution in [1.82, 2.24) is 4.98 Å². The van der Waals surface area contributed by atoms with Gasteiger partial charge in [-0.1, -0.05) is 18.2 Å². The average molecular weight is 275 g/mol. The van der Waals surface area contributed by atoms with Crippen LogP contribution in [-0.2, 0) is 6.42 Å². The molecule has 0 fully saturated rings. The van der Waals surface area contributed by atoms with Crippen LogP contribution in [0.15, 0.2) is 54.7 Å². The van der Waals surface area contributed by atoms with Crippen LogP contribution in [0.3, 0.4) is 0 Å². The van der Waals surface area contributed by atoms with Gasteiger partial charge in [-0.3, -0.25) is 4.98 Å². The number of aromatic nitrogens is 1. The number of fused-ring (bicyclic) bond motifs is 2. The van der Waals surface area contributed by atoms with E-state index in [0.717, 1.165) is 35.2 Å². The molecule has 4 rings (SSSR count). The Hall–Kier alpha value is -2.55. The van der Waals surface area contributed by atoms with Crippen LogP contribution in [0, 0.1) is 0 Å². The van der Waals surface area contributed by atoms with Gasteiger partial charge in [0.05, 0.1) is 5.52 Å². The number of aryl methyl sites for hydroxylation is 1. The third-order valence-electron chi connectivity index (χ3n) is 3.97. The lowest BCUT2D eigenvalue weighted by molar-refractivity contribution is 0.831. The zero-order chi connectivity index (χ0) is 14.1. The lowest BCUT2D eigenvalue weighted by atomic mass is 10.0. The first-order valence-electron chi connectivity index (χ1n) is 7.38. The Balaban J connectivity index is 1.71. The Morgan fingerprint density at radius 3 is 3.00 bits per heavy atom. The lowest BCUT2D eigenvalue weighted by Crippen LogP contribution is -2.11. The molecule has 2 N–H and O–H groups in total. The summed E-state index contributed by atoms with van der Waals surface area (Å²) in [5, 5.41) is 8.12. The third kappa shape index (κ3) is 2.31. The lowest BCUT2D eigenvalue weighted by Gasteiger charge is -2.19. The molecular formula is C18H17N3. The zero-order valence-electron chi connectivity index (χ0n) is 11.8. The quantitative estimate of drug-likeness (QED) is 0.730. The minimum Gasteiger partial charge on any atom is -0.385 e. The number of benzene rings is 2. The molecule has 0 spiro atoms. The molecule has 1 aliphatic rings. The highest BCUT2D eigenvalue weighted by Gasteiger charge is 2.09. The topological polar surface area (TPSA) is 37.0 Å². The molecule has 0 aliphatic carbocycles. The highest BCUT2D eigenvalue weighted by Crippen LogP contribution is 2.29. The molecule has 0 atom stereocenters. The molecule has 0 amide bonds. The summed E-state index contributed by atoms with van der Waals surface area (Å²) in [6, 6.07) is 16.8. The number of hydrogen-bond donors (Lipinski definition) is 2. The Morgan fingerprint density at radius 1 is 1.05 bits per heavy atom. The third-order valence-corrected chi connectivity index (χ3v) is 3.97. The van der Waals surface area contributed by atoms with Gasteiger partial charge in [0.15, 0.2) is 0 Å². The first-order chi connectivity index (χ1) is 10.4. The molecule has 21 heavy (non-hydrogen) atoms. The maximum atomic E-state index is 4.40. The van der Waals surface area contributed by atoms with Gasteiger partial charge < -0.3 is 10.6 Å². The molecule has 0 saturated heterocycles. The SMILES string of the molecule is c1ccc2c(Nc3ccc4c(c3)CCCN4)ccnc2c1. The van der Waals surface area contributed by atoms with E-state index in [-0.39, 0.29) is 0 Å². The molecule has 2 aromatic carbocycles. The Labute approximate surface area is 124 Å². The summed E-state index contributed by atoms with van der Waals surface area (Å²) in [6.07, 6.45) is 4.20. The second kappa shape index (κ2) is 5.09. The minimum absolute atomic E-state index is 1.02. The average Bonchev–Trinajstić information content (AvgIpc) is 2.55. The first-order valence-corrected chi connectivity index (χ1v) is 7.38. The molecular weight excluding hydrogens is 258 g/mol. The smallest absolute Gasteiger partial charge is 0.0722 e. The van der Waals surface area contributed by atoms with E-state index in [1.54, 1.807) is 0 Å². The number of nitrogens with one attached hydrogen (secondary N) is 2. The van der Waals surface area contributed by atoms with Crippen LogP contribution in [-0.4, -0.2) is 11.5 Å². The normalized spacial score (nSPS) is 13.5. The zero-order valence-corrected chi connectivity index (χ0v) is 11.8. The Morgan fingerprint density at radius 2 is 2.00 bits per heavy atom. The molecule has 3 nitrogen and oxygen atoms in total. The van der Waals surface area contributed by atoms with Crippen LogP contribution < -0.4 is 10.6 Å². The van der Waals surface area contributed by atoms with E-state index in [9.17, 15) is 0 Å². The standard InChI is InChI=1S/C18H17N3/c1-2-6-17-15(5-1)18(9-11-20-17)21-14-7-8-16-13(12-14)4-3-10-19-16/h1-2,5-9,11-12,19H,3-4,10H2,(H,20,21). The van der Waals surface area contributed by atoms with E-state index in [2.05, 4.69) is 39.9 Å². The summed E-state index contributed by atoms with van der Waals surface area (Å²) < 4.78 is 0. The van der Waals surface area contributed by atoms with Gasteiger partial charge in [0.1, 0.15) is 0 Å². The van der Waals surface area contributed by atoms with Crippen LogP contribution in [0.25, 0.3) is 10.9 Å². The van der Waals surface area contributed by atoms with Gasteiger partial charge in [-0.25, -0.2) is 0 Å². The maximum Gasteiger partial charge on any atom is 0.0722 e. The van der Waals surface area contributed by atoms with Crippen molar-refractivity contribution in [1.29, 1.82) is 0 Å². The van der Waals surface area contributed by atoms with E-state index >= 15 is 0 Å². The number of anilines is 3. The second-order valence-electron chi connectivity index (χ2n) is 5.40. The molecule has 0 saturated carbocycles. The summed E-state index contributed by atoms with van der Waals surface area (Å²) >= 11 is 0. The van der Waals surface area contributed by atoms with Crippen molar-refractivity contribution in [3.05, 3.63) is 60.3 Å². The summed E-state index contributed by atoms with van der Waals surface area (Å²) in [7, 11) is 0. The monoisotopic (exact) mass is 275 g/mol. The van der Waals surface area contributed by atoms with Crippen molar-refractivity contribution in [2.45, 2.75) is 12.8 Å². The fraction of sp³-hybridized carbons (Fsp3) is 0.167. The van der Waals surface area contributed by atoms with E-state index in [1.807, 2.05) is 30.5 Å². The van der Waals surface area contributed by atoms with Crippen LogP contribution in [0.5, 0.6) is 0 Å². The first kappa shape index (κ1) is 12.2. The van der Waals surface area contributed by atoms with Crippen molar-refractivity contribution in [2.75, 3.05) is 17.2 Å². The van der Waals surface area contributed by atoms with Crippen LogP contribution in [0.1, 0.15) is 12.0 Å². The van der Waals surface area contributed by atoms with Crippen LogP contribution in [0.4, 0.5) is 17.1 Å². The van der Waals surface area contributed by atoms with Crippen LogP contribution >= 0.6 is 0 Å². The second-order valence-corrected chi connectivity index (χ2v) is 5.40. The van der Waals surface area contributed by atoms with Crippen LogP contribution in [0.2, 0.25) is 0 Å². The van der Waals surface area contributed by atoms with Crippen molar-refractivity contribution < 1.29 is 0 Å². The Bertz CT molecular complexity index is 790. The summed E-state index contributed by atoms with van der Waals surface area (Å²) in [5.74, 6) is 0. The predicted molar refractivity (Wildman–Crippen MR) is 88.3 cm³/mol. The molecule has 0 unspecified atom stereocenters. The summed E-state index contributed by atoms with van der Waals surface area (Å²) in [5.41, 5.74) is 5.91. The molecule has 2 heterocycles. The predicted octanol–water partition coefficient (Wildman–Crippen LogP) is 4.34. The molecule has 104 valence electrons. The number of nitrogens with zero attached hydrogens (tertiary/aromatic N) is 1. The Kier molecular flexibility index (Phi) is 2.96. The maximum absolute atomic E-state index is 4.40. The van der Waals surface area contributed by atoms with Crippen molar-refractivity contribution in [2.24, 2.45) is 0 Å². The van der Waals surface area contributed by atoms with Gasteiger partial charge in [0.2, 0.25) is 0 Å². The van der Waals surface area contributed by atoms with Crippen molar-refractivity contribution in [3.8, 4) is 0 Å². The fourth-order valence-corrected chi connectivity index (χ4v) is 2.91. The molecule has 0 radical (unpaired) electrons. The number of pyridine rings is 1. The molecule has 3 heteroatoms. The largest absolute Gasteiger partial charge is 0.385 e. The number of hydrogen-bond acceptors (Lipinski definition) is 3. The van der Waals surface area contributed by atoms with Gasteiger partial charge in [0.25, 0.3) is 0 Å². The number of rotatable bonds is 2. The van der Waals surface area contributed by atoms with Crippen molar-refractivity contribution in [3.63, 3.8) is 0 Å². The van der Waals surface area contributed by atoms with E-state index in [0.29, 0.717) is 0 Å².